The number of benzene rings is 1. The maximum atomic E-state index is 12.2. The van der Waals surface area contributed by atoms with Crippen molar-refractivity contribution in [2.45, 2.75) is 19.8 Å². The number of hydrogen-bond donors (Lipinski definition) is 1. The van der Waals surface area contributed by atoms with E-state index in [-0.39, 0.29) is 5.91 Å². The highest BCUT2D eigenvalue weighted by molar-refractivity contribution is 6.33. The van der Waals surface area contributed by atoms with Gasteiger partial charge in [-0.1, -0.05) is 37.1 Å². The zero-order chi connectivity index (χ0) is 15.9. The van der Waals surface area contributed by atoms with Crippen molar-refractivity contribution in [3.8, 4) is 0 Å². The molecule has 0 aliphatic heterocycles. The Balaban J connectivity index is 2.04. The minimum absolute atomic E-state index is 0.0715. The zero-order valence-electron chi connectivity index (χ0n) is 12.7. The fourth-order valence-electron chi connectivity index (χ4n) is 1.90. The number of hydrogen-bond acceptors (Lipinski definition) is 4. The Morgan fingerprint density at radius 3 is 2.59 bits per heavy atom. The summed E-state index contributed by atoms with van der Waals surface area (Å²) in [7, 11) is 1.79. The third-order valence-corrected chi connectivity index (χ3v) is 3.54. The lowest BCUT2D eigenvalue weighted by Crippen LogP contribution is -2.27. The van der Waals surface area contributed by atoms with Crippen molar-refractivity contribution < 1.29 is 4.79 Å². The molecule has 1 aromatic heterocycles. The highest BCUT2D eigenvalue weighted by Crippen LogP contribution is 2.22. The smallest absolute Gasteiger partial charge is 0.256 e. The van der Waals surface area contributed by atoms with Gasteiger partial charge in [0.2, 0.25) is 5.95 Å². The summed E-state index contributed by atoms with van der Waals surface area (Å²) in [6, 6.07) is 7.34. The summed E-state index contributed by atoms with van der Waals surface area (Å²) in [5, 5.41) is 3.61. The molecule has 1 heterocycles. The van der Waals surface area contributed by atoms with Gasteiger partial charge in [0.1, 0.15) is 0 Å². The van der Waals surface area contributed by atoms with Gasteiger partial charge in [-0.2, -0.15) is 0 Å². The molecule has 0 radical (unpaired) electrons. The molecule has 1 amide bonds. The molecule has 0 aliphatic rings. The molecule has 0 spiro atoms. The third-order valence-electron chi connectivity index (χ3n) is 3.21. The van der Waals surface area contributed by atoms with Gasteiger partial charge >= 0.3 is 0 Å². The van der Waals surface area contributed by atoms with E-state index in [1.165, 1.54) is 12.4 Å². The van der Waals surface area contributed by atoms with Gasteiger partial charge in [-0.25, -0.2) is 9.97 Å². The van der Waals surface area contributed by atoms with Crippen LogP contribution in [-0.4, -0.2) is 34.4 Å². The zero-order valence-corrected chi connectivity index (χ0v) is 13.5. The Bertz CT molecular complexity index is 630. The van der Waals surface area contributed by atoms with Crippen molar-refractivity contribution in [1.29, 1.82) is 0 Å². The van der Waals surface area contributed by atoms with Crippen molar-refractivity contribution >= 4 is 29.1 Å². The van der Waals surface area contributed by atoms with E-state index in [1.807, 2.05) is 18.2 Å². The molecule has 6 heteroatoms. The second-order valence-electron chi connectivity index (χ2n) is 4.98. The Morgan fingerprint density at radius 2 is 1.95 bits per heavy atom. The van der Waals surface area contributed by atoms with Gasteiger partial charge < -0.3 is 10.2 Å². The van der Waals surface area contributed by atoms with E-state index in [0.29, 0.717) is 16.5 Å². The lowest BCUT2D eigenvalue weighted by molar-refractivity contribution is 0.0792. The van der Waals surface area contributed by atoms with Crippen molar-refractivity contribution in [2.75, 3.05) is 18.9 Å². The van der Waals surface area contributed by atoms with Gasteiger partial charge in [-0.05, 0) is 18.6 Å². The van der Waals surface area contributed by atoms with Crippen LogP contribution in [0.5, 0.6) is 0 Å². The van der Waals surface area contributed by atoms with Crippen LogP contribution in [0.4, 0.5) is 11.6 Å². The van der Waals surface area contributed by atoms with Crippen molar-refractivity contribution in [3.05, 3.63) is 47.2 Å². The van der Waals surface area contributed by atoms with Crippen LogP contribution in [0.15, 0.2) is 36.7 Å². The Hall–Kier alpha value is -2.14. The first-order chi connectivity index (χ1) is 10.6. The van der Waals surface area contributed by atoms with Crippen molar-refractivity contribution in [1.82, 2.24) is 14.9 Å². The second kappa shape index (κ2) is 7.75. The minimum Gasteiger partial charge on any atom is -0.342 e. The molecule has 0 atom stereocenters. The standard InChI is InChI=1S/C16H19ClN4O/c1-3-4-9-21(2)15(22)12-10-18-16(19-11-12)20-14-8-6-5-7-13(14)17/h5-8,10-11H,3-4,9H2,1-2H3,(H,18,19,20). The third kappa shape index (κ3) is 4.18. The topological polar surface area (TPSA) is 58.1 Å². The summed E-state index contributed by atoms with van der Waals surface area (Å²) in [5.74, 6) is 0.332. The lowest BCUT2D eigenvalue weighted by atomic mass is 10.2. The summed E-state index contributed by atoms with van der Waals surface area (Å²) < 4.78 is 0. The summed E-state index contributed by atoms with van der Waals surface area (Å²) in [4.78, 5) is 22.2. The average molecular weight is 319 g/mol. The van der Waals surface area contributed by atoms with Crippen LogP contribution in [0, 0.1) is 0 Å². The number of para-hydroxylation sites is 1. The maximum absolute atomic E-state index is 12.2. The van der Waals surface area contributed by atoms with Crippen molar-refractivity contribution in [2.24, 2.45) is 0 Å². The lowest BCUT2D eigenvalue weighted by Gasteiger charge is -2.16. The van der Waals surface area contributed by atoms with Crippen molar-refractivity contribution in [3.63, 3.8) is 0 Å². The molecule has 0 aliphatic carbocycles. The Kier molecular flexibility index (Phi) is 5.72. The molecule has 5 nitrogen and oxygen atoms in total. The normalized spacial score (nSPS) is 10.3. The van der Waals surface area contributed by atoms with E-state index < -0.39 is 0 Å². The number of aromatic nitrogens is 2. The number of halogens is 1. The quantitative estimate of drug-likeness (QED) is 0.881. The maximum Gasteiger partial charge on any atom is 0.256 e. The fraction of sp³-hybridized carbons (Fsp3) is 0.312. The first kappa shape index (κ1) is 16.2. The van der Waals surface area contributed by atoms with Gasteiger partial charge in [0.05, 0.1) is 16.3 Å². The molecule has 0 unspecified atom stereocenters. The van der Waals surface area contributed by atoms with E-state index in [2.05, 4.69) is 22.2 Å². The Labute approximate surface area is 135 Å². The Morgan fingerprint density at radius 1 is 1.27 bits per heavy atom. The van der Waals surface area contributed by atoms with Gasteiger partial charge in [0, 0.05) is 26.0 Å². The molecule has 1 N–H and O–H groups in total. The molecule has 116 valence electrons. The van der Waals surface area contributed by atoms with Crippen LogP contribution in [0.1, 0.15) is 30.1 Å². The summed E-state index contributed by atoms with van der Waals surface area (Å²) >= 11 is 6.07. The molecule has 0 saturated carbocycles. The molecule has 0 fully saturated rings. The number of nitrogens with one attached hydrogen (secondary N) is 1. The largest absolute Gasteiger partial charge is 0.342 e. The molecule has 2 rings (SSSR count). The van der Waals surface area contributed by atoms with Crippen LogP contribution in [0.25, 0.3) is 0 Å². The number of anilines is 2. The SMILES string of the molecule is CCCCN(C)C(=O)c1cnc(Nc2ccccc2Cl)nc1. The molecule has 22 heavy (non-hydrogen) atoms. The van der Waals surface area contributed by atoms with E-state index >= 15 is 0 Å². The number of carbonyl (C=O) groups excluding carboxylic acids is 1. The molecule has 2 aromatic rings. The van der Waals surface area contributed by atoms with E-state index in [4.69, 9.17) is 11.6 Å². The van der Waals surface area contributed by atoms with Gasteiger partial charge in [0.15, 0.2) is 0 Å². The molecule has 0 bridgehead atoms. The van der Waals surface area contributed by atoms with E-state index in [1.54, 1.807) is 18.0 Å². The van der Waals surface area contributed by atoms with Crippen LogP contribution in [0.3, 0.4) is 0 Å². The van der Waals surface area contributed by atoms with Gasteiger partial charge in [-0.3, -0.25) is 4.79 Å². The number of unbranched alkanes of at least 4 members (excludes halogenated alkanes) is 1. The molecule has 0 saturated heterocycles. The predicted molar refractivity (Wildman–Crippen MR) is 88.6 cm³/mol. The minimum atomic E-state index is -0.0715. The fourth-order valence-corrected chi connectivity index (χ4v) is 2.09. The molecular formula is C16H19ClN4O. The van der Waals surface area contributed by atoms with Gasteiger partial charge in [-0.15, -0.1) is 0 Å². The predicted octanol–water partition coefficient (Wildman–Crippen LogP) is 3.75. The van der Waals surface area contributed by atoms with Crippen LogP contribution < -0.4 is 5.32 Å². The first-order valence-corrected chi connectivity index (χ1v) is 7.58. The first-order valence-electron chi connectivity index (χ1n) is 7.21. The number of carbonyl (C=O) groups is 1. The van der Waals surface area contributed by atoms with E-state index in [0.717, 1.165) is 25.1 Å². The van der Waals surface area contributed by atoms with E-state index in [9.17, 15) is 4.79 Å². The summed E-state index contributed by atoms with van der Waals surface area (Å²) in [6.07, 6.45) is 5.08. The highest BCUT2D eigenvalue weighted by atomic mass is 35.5. The summed E-state index contributed by atoms with van der Waals surface area (Å²) in [6.45, 7) is 2.82. The van der Waals surface area contributed by atoms with Gasteiger partial charge in [0.25, 0.3) is 5.91 Å². The number of rotatable bonds is 6. The molecule has 1 aromatic carbocycles. The second-order valence-corrected chi connectivity index (χ2v) is 5.39. The highest BCUT2D eigenvalue weighted by Gasteiger charge is 2.12. The number of nitrogens with zero attached hydrogens (tertiary/aromatic N) is 3. The molecular weight excluding hydrogens is 300 g/mol. The number of amides is 1. The van der Waals surface area contributed by atoms with Crippen LogP contribution in [0.2, 0.25) is 5.02 Å². The summed E-state index contributed by atoms with van der Waals surface area (Å²) in [5.41, 5.74) is 1.20. The van der Waals surface area contributed by atoms with Crippen LogP contribution >= 0.6 is 11.6 Å². The van der Waals surface area contributed by atoms with Crippen LogP contribution in [-0.2, 0) is 0 Å². The monoisotopic (exact) mass is 318 g/mol. The average Bonchev–Trinajstić information content (AvgIpc) is 2.55.